The first kappa shape index (κ1) is 15.7. The minimum atomic E-state index is -3.59. The Hall–Kier alpha value is -2.15. The standard InChI is InChI=1S/C16H14ClN3O2S/c17-13-6-8-16(9-7-13)23(21,22)18-12-14-10-11-20(19-14)15-4-2-1-3-5-15/h1-11,18H,12H2. The Kier molecular flexibility index (Phi) is 4.47. The molecular formula is C16H14ClN3O2S. The number of halogens is 1. The minimum Gasteiger partial charge on any atom is -0.241 e. The second-order valence-corrected chi connectivity index (χ2v) is 7.07. The van der Waals surface area contributed by atoms with Crippen molar-refractivity contribution in [1.29, 1.82) is 0 Å². The molecule has 0 radical (unpaired) electrons. The lowest BCUT2D eigenvalue weighted by Crippen LogP contribution is -2.23. The summed E-state index contributed by atoms with van der Waals surface area (Å²) in [5.41, 5.74) is 1.55. The first-order valence-electron chi connectivity index (χ1n) is 6.90. The molecule has 0 aliphatic rings. The van der Waals surface area contributed by atoms with Crippen molar-refractivity contribution in [3.63, 3.8) is 0 Å². The fourth-order valence-electron chi connectivity index (χ4n) is 2.05. The van der Waals surface area contributed by atoms with Gasteiger partial charge in [0.05, 0.1) is 22.8 Å². The van der Waals surface area contributed by atoms with Gasteiger partial charge in [0.2, 0.25) is 10.0 Å². The monoisotopic (exact) mass is 347 g/mol. The second-order valence-electron chi connectivity index (χ2n) is 4.87. The SMILES string of the molecule is O=S(=O)(NCc1ccn(-c2ccccc2)n1)c1ccc(Cl)cc1. The lowest BCUT2D eigenvalue weighted by atomic mass is 10.3. The van der Waals surface area contributed by atoms with Crippen molar-refractivity contribution in [2.24, 2.45) is 0 Å². The third kappa shape index (κ3) is 3.79. The molecule has 0 saturated carbocycles. The maximum atomic E-state index is 12.2. The van der Waals surface area contributed by atoms with E-state index in [1.807, 2.05) is 30.3 Å². The van der Waals surface area contributed by atoms with E-state index >= 15 is 0 Å². The van der Waals surface area contributed by atoms with E-state index in [0.717, 1.165) is 5.69 Å². The van der Waals surface area contributed by atoms with Crippen LogP contribution in [0.2, 0.25) is 5.02 Å². The highest BCUT2D eigenvalue weighted by Gasteiger charge is 2.14. The summed E-state index contributed by atoms with van der Waals surface area (Å²) in [6.45, 7) is 0.116. The molecular weight excluding hydrogens is 334 g/mol. The molecule has 7 heteroatoms. The molecule has 0 fully saturated rings. The van der Waals surface area contributed by atoms with Gasteiger partial charge in [-0.25, -0.2) is 17.8 Å². The van der Waals surface area contributed by atoms with Crippen LogP contribution in [0.4, 0.5) is 0 Å². The van der Waals surface area contributed by atoms with Crippen LogP contribution in [0.3, 0.4) is 0 Å². The summed E-state index contributed by atoms with van der Waals surface area (Å²) in [5.74, 6) is 0. The molecule has 1 aromatic heterocycles. The van der Waals surface area contributed by atoms with Gasteiger partial charge in [-0.15, -0.1) is 0 Å². The van der Waals surface area contributed by atoms with Crippen LogP contribution in [0.25, 0.3) is 5.69 Å². The van der Waals surface area contributed by atoms with Crippen molar-refractivity contribution in [2.75, 3.05) is 0 Å². The third-order valence-corrected chi connectivity index (χ3v) is 4.90. The van der Waals surface area contributed by atoms with Crippen molar-refractivity contribution in [1.82, 2.24) is 14.5 Å². The van der Waals surface area contributed by atoms with Crippen LogP contribution in [0.15, 0.2) is 71.8 Å². The molecule has 3 aromatic rings. The third-order valence-electron chi connectivity index (χ3n) is 3.23. The van der Waals surface area contributed by atoms with Gasteiger partial charge in [0, 0.05) is 11.2 Å². The van der Waals surface area contributed by atoms with E-state index < -0.39 is 10.0 Å². The largest absolute Gasteiger partial charge is 0.241 e. The molecule has 1 N–H and O–H groups in total. The molecule has 0 bridgehead atoms. The number of hydrogen-bond donors (Lipinski definition) is 1. The zero-order chi connectivity index (χ0) is 16.3. The summed E-state index contributed by atoms with van der Waals surface area (Å²) in [4.78, 5) is 0.171. The maximum absolute atomic E-state index is 12.2. The average Bonchev–Trinajstić information content (AvgIpc) is 3.03. The molecule has 5 nitrogen and oxygen atoms in total. The predicted octanol–water partition coefficient (Wildman–Crippen LogP) is 3.00. The lowest BCUT2D eigenvalue weighted by Gasteiger charge is -2.05. The Morgan fingerprint density at radius 1 is 1.00 bits per heavy atom. The molecule has 0 aliphatic heterocycles. The first-order valence-corrected chi connectivity index (χ1v) is 8.76. The molecule has 118 valence electrons. The van der Waals surface area contributed by atoms with Gasteiger partial charge in [0.15, 0.2) is 0 Å². The number of hydrogen-bond acceptors (Lipinski definition) is 3. The van der Waals surface area contributed by atoms with Crippen molar-refractivity contribution in [3.05, 3.63) is 77.6 Å². The van der Waals surface area contributed by atoms with Crippen LogP contribution in [0, 0.1) is 0 Å². The zero-order valence-corrected chi connectivity index (χ0v) is 13.6. The number of sulfonamides is 1. The molecule has 23 heavy (non-hydrogen) atoms. The van der Waals surface area contributed by atoms with Crippen molar-refractivity contribution < 1.29 is 8.42 Å². The van der Waals surface area contributed by atoms with Crippen LogP contribution in [0.5, 0.6) is 0 Å². The summed E-state index contributed by atoms with van der Waals surface area (Å²) < 4.78 is 28.6. The van der Waals surface area contributed by atoms with E-state index in [1.165, 1.54) is 12.1 Å². The highest BCUT2D eigenvalue weighted by molar-refractivity contribution is 7.89. The van der Waals surface area contributed by atoms with E-state index in [2.05, 4.69) is 9.82 Å². The van der Waals surface area contributed by atoms with Crippen molar-refractivity contribution >= 4 is 21.6 Å². The molecule has 1 heterocycles. The van der Waals surface area contributed by atoms with Crippen LogP contribution in [0.1, 0.15) is 5.69 Å². The molecule has 0 amide bonds. The van der Waals surface area contributed by atoms with Gasteiger partial charge in [0.25, 0.3) is 0 Å². The van der Waals surface area contributed by atoms with Crippen LogP contribution in [-0.4, -0.2) is 18.2 Å². The van der Waals surface area contributed by atoms with Gasteiger partial charge >= 0.3 is 0 Å². The van der Waals surface area contributed by atoms with Gasteiger partial charge in [-0.05, 0) is 42.5 Å². The van der Waals surface area contributed by atoms with Crippen LogP contribution >= 0.6 is 11.6 Å². The number of nitrogens with zero attached hydrogens (tertiary/aromatic N) is 2. The number of rotatable bonds is 5. The summed E-state index contributed by atoms with van der Waals surface area (Å²) in [6, 6.07) is 17.4. The number of para-hydroxylation sites is 1. The molecule has 0 unspecified atom stereocenters. The molecule has 0 atom stereocenters. The van der Waals surface area contributed by atoms with E-state index in [4.69, 9.17) is 11.6 Å². The zero-order valence-electron chi connectivity index (χ0n) is 12.1. The predicted molar refractivity (Wildman–Crippen MR) is 89.0 cm³/mol. The molecule has 3 rings (SSSR count). The van der Waals surface area contributed by atoms with Gasteiger partial charge in [-0.1, -0.05) is 29.8 Å². The summed E-state index contributed by atoms with van der Waals surface area (Å²) >= 11 is 5.77. The van der Waals surface area contributed by atoms with Crippen LogP contribution < -0.4 is 4.72 Å². The average molecular weight is 348 g/mol. The fraction of sp³-hybridized carbons (Fsp3) is 0.0625. The summed E-state index contributed by atoms with van der Waals surface area (Å²) in [6.07, 6.45) is 1.79. The Labute approximate surface area is 139 Å². The highest BCUT2D eigenvalue weighted by atomic mass is 35.5. The van der Waals surface area contributed by atoms with E-state index in [9.17, 15) is 8.42 Å². The first-order chi connectivity index (χ1) is 11.0. The maximum Gasteiger partial charge on any atom is 0.240 e. The second kappa shape index (κ2) is 6.54. The Morgan fingerprint density at radius 2 is 1.70 bits per heavy atom. The van der Waals surface area contributed by atoms with Crippen molar-refractivity contribution in [3.8, 4) is 5.69 Å². The van der Waals surface area contributed by atoms with Gasteiger partial charge in [-0.2, -0.15) is 5.10 Å². The fourth-order valence-corrected chi connectivity index (χ4v) is 3.17. The minimum absolute atomic E-state index is 0.116. The molecule has 0 saturated heterocycles. The van der Waals surface area contributed by atoms with Gasteiger partial charge in [-0.3, -0.25) is 0 Å². The number of aromatic nitrogens is 2. The quantitative estimate of drug-likeness (QED) is 0.771. The Morgan fingerprint density at radius 3 is 2.39 bits per heavy atom. The topological polar surface area (TPSA) is 64.0 Å². The Balaban J connectivity index is 1.71. The lowest BCUT2D eigenvalue weighted by molar-refractivity contribution is 0.580. The Bertz CT molecular complexity index is 891. The summed E-state index contributed by atoms with van der Waals surface area (Å²) in [5, 5.41) is 4.85. The van der Waals surface area contributed by atoms with E-state index in [1.54, 1.807) is 29.1 Å². The molecule has 2 aromatic carbocycles. The normalized spacial score (nSPS) is 11.5. The van der Waals surface area contributed by atoms with E-state index in [-0.39, 0.29) is 11.4 Å². The van der Waals surface area contributed by atoms with Crippen LogP contribution in [-0.2, 0) is 16.6 Å². The number of nitrogens with one attached hydrogen (secondary N) is 1. The number of benzene rings is 2. The van der Waals surface area contributed by atoms with Crippen molar-refractivity contribution in [2.45, 2.75) is 11.4 Å². The highest BCUT2D eigenvalue weighted by Crippen LogP contribution is 2.14. The summed E-state index contributed by atoms with van der Waals surface area (Å²) in [7, 11) is -3.59. The van der Waals surface area contributed by atoms with Gasteiger partial charge in [0.1, 0.15) is 0 Å². The molecule has 0 aliphatic carbocycles. The van der Waals surface area contributed by atoms with Gasteiger partial charge < -0.3 is 0 Å². The van der Waals surface area contributed by atoms with E-state index in [0.29, 0.717) is 10.7 Å². The molecule has 0 spiro atoms. The smallest absolute Gasteiger partial charge is 0.240 e.